The van der Waals surface area contributed by atoms with Crippen molar-refractivity contribution in [3.05, 3.63) is 64.7 Å². The molecular formula is C17H17ClN4. The fourth-order valence-electron chi connectivity index (χ4n) is 2.36. The van der Waals surface area contributed by atoms with E-state index in [0.717, 1.165) is 17.8 Å². The van der Waals surface area contributed by atoms with E-state index in [4.69, 9.17) is 17.0 Å². The highest BCUT2D eigenvalue weighted by molar-refractivity contribution is 6.48. The first kappa shape index (κ1) is 14.6. The quantitative estimate of drug-likeness (QED) is 0.742. The second-order valence-corrected chi connectivity index (χ2v) is 5.50. The summed E-state index contributed by atoms with van der Waals surface area (Å²) in [5.74, 6) is 0.630. The second kappa shape index (κ2) is 6.62. The first-order valence-corrected chi connectivity index (χ1v) is 7.57. The highest BCUT2D eigenvalue weighted by Gasteiger charge is 2.16. The van der Waals surface area contributed by atoms with Crippen LogP contribution in [0.1, 0.15) is 11.1 Å². The molecule has 5 heteroatoms. The van der Waals surface area contributed by atoms with Crippen LogP contribution < -0.4 is 10.6 Å². The maximum absolute atomic E-state index is 8.36. The van der Waals surface area contributed by atoms with Crippen LogP contribution in [0.25, 0.3) is 0 Å². The van der Waals surface area contributed by atoms with Gasteiger partial charge in [-0.25, -0.2) is 0 Å². The van der Waals surface area contributed by atoms with Crippen molar-refractivity contribution in [3.63, 3.8) is 0 Å². The summed E-state index contributed by atoms with van der Waals surface area (Å²) in [5.41, 5.74) is 3.20. The van der Waals surface area contributed by atoms with Gasteiger partial charge in [0.1, 0.15) is 11.5 Å². The Labute approximate surface area is 134 Å². The molecular weight excluding hydrogens is 296 g/mol. The summed E-state index contributed by atoms with van der Waals surface area (Å²) < 4.78 is 0. The van der Waals surface area contributed by atoms with Crippen molar-refractivity contribution in [1.29, 1.82) is 5.41 Å². The lowest BCUT2D eigenvalue weighted by Crippen LogP contribution is -2.28. The molecule has 0 atom stereocenters. The molecule has 1 aliphatic heterocycles. The van der Waals surface area contributed by atoms with E-state index in [1.165, 1.54) is 5.56 Å². The molecule has 0 radical (unpaired) electrons. The monoisotopic (exact) mass is 312 g/mol. The molecule has 112 valence electrons. The van der Waals surface area contributed by atoms with Gasteiger partial charge in [0, 0.05) is 29.4 Å². The average Bonchev–Trinajstić information content (AvgIpc) is 3.08. The minimum absolute atomic E-state index is 0.371. The van der Waals surface area contributed by atoms with Gasteiger partial charge in [0.25, 0.3) is 0 Å². The van der Waals surface area contributed by atoms with Gasteiger partial charge in [-0.1, -0.05) is 41.9 Å². The normalized spacial score (nSPS) is 13.4. The van der Waals surface area contributed by atoms with Crippen LogP contribution in [0.3, 0.4) is 0 Å². The third-order valence-electron chi connectivity index (χ3n) is 3.49. The molecule has 0 aromatic heterocycles. The van der Waals surface area contributed by atoms with Crippen molar-refractivity contribution >= 4 is 28.8 Å². The minimum Gasteiger partial charge on any atom is -0.380 e. The largest absolute Gasteiger partial charge is 0.380 e. The molecule has 0 unspecified atom stereocenters. The molecule has 2 aromatic carbocycles. The fourth-order valence-corrected chi connectivity index (χ4v) is 2.54. The maximum atomic E-state index is 8.36. The number of hydrogen-bond acceptors (Lipinski definition) is 4. The molecule has 0 spiro atoms. The number of nitrogens with zero attached hydrogens (tertiary/aromatic N) is 1. The highest BCUT2D eigenvalue weighted by atomic mass is 35.5. The van der Waals surface area contributed by atoms with Gasteiger partial charge in [-0.3, -0.25) is 10.4 Å². The van der Waals surface area contributed by atoms with E-state index in [9.17, 15) is 0 Å². The Bertz CT molecular complexity index is 710. The van der Waals surface area contributed by atoms with Gasteiger partial charge in [0.15, 0.2) is 0 Å². The Morgan fingerprint density at radius 1 is 1.23 bits per heavy atom. The average molecular weight is 313 g/mol. The smallest absolute Gasteiger partial charge is 0.147 e. The Hall–Kier alpha value is -2.33. The fraction of sp³-hybridized carbons (Fsp3) is 0.176. The van der Waals surface area contributed by atoms with Crippen LogP contribution in [-0.4, -0.2) is 24.6 Å². The topological polar surface area (TPSA) is 60.3 Å². The third-order valence-corrected chi connectivity index (χ3v) is 3.72. The van der Waals surface area contributed by atoms with Crippen LogP contribution in [0.2, 0.25) is 5.02 Å². The van der Waals surface area contributed by atoms with Crippen LogP contribution in [-0.2, 0) is 6.54 Å². The van der Waals surface area contributed by atoms with Gasteiger partial charge in [-0.15, -0.1) is 0 Å². The first-order valence-electron chi connectivity index (χ1n) is 7.19. The summed E-state index contributed by atoms with van der Waals surface area (Å²) in [5, 5.41) is 15.5. The number of anilines is 1. The van der Waals surface area contributed by atoms with Crippen molar-refractivity contribution in [3.8, 4) is 0 Å². The molecule has 0 saturated heterocycles. The van der Waals surface area contributed by atoms with Crippen LogP contribution in [0.5, 0.6) is 0 Å². The summed E-state index contributed by atoms with van der Waals surface area (Å²) in [4.78, 5) is 4.31. The Morgan fingerprint density at radius 2 is 2.05 bits per heavy atom. The van der Waals surface area contributed by atoms with Gasteiger partial charge in [0.05, 0.1) is 6.54 Å². The van der Waals surface area contributed by atoms with Gasteiger partial charge in [0.2, 0.25) is 0 Å². The lowest BCUT2D eigenvalue weighted by atomic mass is 10.1. The molecule has 3 rings (SSSR count). The predicted molar refractivity (Wildman–Crippen MR) is 92.4 cm³/mol. The number of hydrogen-bond donors (Lipinski definition) is 3. The standard InChI is InChI=1S/C17H17ClN4/c18-13-6-7-15(22-11-12-4-2-1-3-5-12)14(10-13)16(19)17-20-8-9-21-17/h1-7,10,19,22H,8-9,11H2,(H,20,21). The van der Waals surface area contributed by atoms with Crippen molar-refractivity contribution in [2.45, 2.75) is 6.54 Å². The summed E-state index contributed by atoms with van der Waals surface area (Å²) in [6.07, 6.45) is 0. The van der Waals surface area contributed by atoms with Crippen molar-refractivity contribution in [2.24, 2.45) is 4.99 Å². The number of aliphatic imine (C=N–C) groups is 1. The molecule has 0 saturated carbocycles. The van der Waals surface area contributed by atoms with Crippen LogP contribution in [0.15, 0.2) is 53.5 Å². The highest BCUT2D eigenvalue weighted by Crippen LogP contribution is 2.22. The molecule has 4 nitrogen and oxygen atoms in total. The predicted octanol–water partition coefficient (Wildman–Crippen LogP) is 3.32. The summed E-state index contributed by atoms with van der Waals surface area (Å²) >= 11 is 6.10. The van der Waals surface area contributed by atoms with Gasteiger partial charge < -0.3 is 10.6 Å². The van der Waals surface area contributed by atoms with Crippen molar-refractivity contribution < 1.29 is 0 Å². The van der Waals surface area contributed by atoms with E-state index in [-0.39, 0.29) is 0 Å². The third kappa shape index (κ3) is 3.28. The number of halogens is 1. The molecule has 0 fully saturated rings. The van der Waals surface area contributed by atoms with Crippen LogP contribution >= 0.6 is 11.6 Å². The number of benzene rings is 2. The Balaban J connectivity index is 1.83. The molecule has 0 aliphatic carbocycles. The zero-order valence-electron chi connectivity index (χ0n) is 12.1. The molecule has 1 aliphatic rings. The molecule has 3 N–H and O–H groups in total. The summed E-state index contributed by atoms with van der Waals surface area (Å²) in [7, 11) is 0. The van der Waals surface area contributed by atoms with E-state index in [2.05, 4.69) is 27.8 Å². The summed E-state index contributed by atoms with van der Waals surface area (Å²) in [6, 6.07) is 15.7. The molecule has 1 heterocycles. The van der Waals surface area contributed by atoms with Crippen molar-refractivity contribution in [1.82, 2.24) is 5.32 Å². The SMILES string of the molecule is N=C(C1=NCCN1)c1cc(Cl)ccc1NCc1ccccc1. The molecule has 22 heavy (non-hydrogen) atoms. The van der Waals surface area contributed by atoms with Gasteiger partial charge in [-0.05, 0) is 23.8 Å². The maximum Gasteiger partial charge on any atom is 0.147 e. The van der Waals surface area contributed by atoms with E-state index in [1.807, 2.05) is 30.3 Å². The zero-order valence-corrected chi connectivity index (χ0v) is 12.8. The van der Waals surface area contributed by atoms with E-state index in [0.29, 0.717) is 29.7 Å². The lowest BCUT2D eigenvalue weighted by molar-refractivity contribution is 0.962. The lowest BCUT2D eigenvalue weighted by Gasteiger charge is -2.14. The Morgan fingerprint density at radius 3 is 2.77 bits per heavy atom. The number of amidine groups is 1. The second-order valence-electron chi connectivity index (χ2n) is 5.06. The molecule has 0 amide bonds. The number of rotatable bonds is 5. The number of nitrogens with one attached hydrogen (secondary N) is 3. The zero-order chi connectivity index (χ0) is 15.4. The van der Waals surface area contributed by atoms with Crippen LogP contribution in [0, 0.1) is 5.41 Å². The van der Waals surface area contributed by atoms with Crippen molar-refractivity contribution in [2.75, 3.05) is 18.4 Å². The van der Waals surface area contributed by atoms with E-state index < -0.39 is 0 Å². The molecule has 2 aromatic rings. The minimum atomic E-state index is 0.371. The van der Waals surface area contributed by atoms with Gasteiger partial charge in [-0.2, -0.15) is 0 Å². The van der Waals surface area contributed by atoms with E-state index in [1.54, 1.807) is 6.07 Å². The summed E-state index contributed by atoms with van der Waals surface area (Å²) in [6.45, 7) is 2.19. The van der Waals surface area contributed by atoms with Crippen LogP contribution in [0.4, 0.5) is 5.69 Å². The van der Waals surface area contributed by atoms with E-state index >= 15 is 0 Å². The Kier molecular flexibility index (Phi) is 4.39. The first-order chi connectivity index (χ1) is 10.7. The van der Waals surface area contributed by atoms with Gasteiger partial charge >= 0.3 is 0 Å². The molecule has 0 bridgehead atoms.